The Kier molecular flexibility index (Phi) is 5.02. The largest absolute Gasteiger partial charge is 0.490 e. The molecule has 3 heteroatoms. The van der Waals surface area contributed by atoms with Crippen molar-refractivity contribution in [2.75, 3.05) is 13.2 Å². The van der Waals surface area contributed by atoms with Gasteiger partial charge >= 0.3 is 0 Å². The summed E-state index contributed by atoms with van der Waals surface area (Å²) in [4.78, 5) is 0. The molecular formula is C17H21NO2. The molecule has 2 aromatic rings. The van der Waals surface area contributed by atoms with Gasteiger partial charge in [-0.15, -0.1) is 0 Å². The first-order chi connectivity index (χ1) is 9.72. The van der Waals surface area contributed by atoms with Gasteiger partial charge in [0.25, 0.3) is 0 Å². The van der Waals surface area contributed by atoms with E-state index in [2.05, 4.69) is 13.0 Å². The molecule has 0 spiro atoms. The number of benzene rings is 2. The van der Waals surface area contributed by atoms with Crippen molar-refractivity contribution in [2.45, 2.75) is 19.9 Å². The molecule has 0 aliphatic rings. The summed E-state index contributed by atoms with van der Waals surface area (Å²) in [6, 6.07) is 15.6. The van der Waals surface area contributed by atoms with Crippen LogP contribution in [0.3, 0.4) is 0 Å². The van der Waals surface area contributed by atoms with E-state index in [-0.39, 0.29) is 6.04 Å². The third kappa shape index (κ3) is 3.52. The summed E-state index contributed by atoms with van der Waals surface area (Å²) < 4.78 is 11.3. The van der Waals surface area contributed by atoms with Crippen LogP contribution in [0.25, 0.3) is 0 Å². The van der Waals surface area contributed by atoms with Crippen molar-refractivity contribution in [3.8, 4) is 11.5 Å². The van der Waals surface area contributed by atoms with Crippen LogP contribution in [-0.2, 0) is 0 Å². The molecule has 20 heavy (non-hydrogen) atoms. The van der Waals surface area contributed by atoms with Crippen molar-refractivity contribution in [3.63, 3.8) is 0 Å². The lowest BCUT2D eigenvalue weighted by Gasteiger charge is -2.17. The van der Waals surface area contributed by atoms with Gasteiger partial charge in [0.1, 0.15) is 6.61 Å². The second kappa shape index (κ2) is 6.96. The van der Waals surface area contributed by atoms with Crippen molar-refractivity contribution >= 4 is 0 Å². The number of nitrogens with two attached hydrogens (primary N) is 1. The van der Waals surface area contributed by atoms with Crippen LogP contribution in [0.2, 0.25) is 0 Å². The average molecular weight is 271 g/mol. The molecule has 0 amide bonds. The number of hydrogen-bond acceptors (Lipinski definition) is 3. The van der Waals surface area contributed by atoms with E-state index < -0.39 is 0 Å². The molecule has 0 aliphatic heterocycles. The maximum Gasteiger partial charge on any atom is 0.161 e. The minimum Gasteiger partial charge on any atom is -0.490 e. The average Bonchev–Trinajstić information content (AvgIpc) is 2.47. The zero-order valence-corrected chi connectivity index (χ0v) is 12.0. The topological polar surface area (TPSA) is 44.5 Å². The number of para-hydroxylation sites is 2. The number of hydrogen-bond donors (Lipinski definition) is 1. The summed E-state index contributed by atoms with van der Waals surface area (Å²) in [5, 5.41) is 0. The van der Waals surface area contributed by atoms with E-state index in [1.54, 1.807) is 0 Å². The molecule has 1 atom stereocenters. The summed E-state index contributed by atoms with van der Waals surface area (Å²) in [7, 11) is 0. The monoisotopic (exact) mass is 271 g/mol. The zero-order chi connectivity index (χ0) is 14.4. The Morgan fingerprint density at radius 2 is 1.55 bits per heavy atom. The van der Waals surface area contributed by atoms with Gasteiger partial charge in [-0.2, -0.15) is 0 Å². The van der Waals surface area contributed by atoms with E-state index in [9.17, 15) is 0 Å². The second-order valence-corrected chi connectivity index (χ2v) is 4.65. The van der Waals surface area contributed by atoms with E-state index >= 15 is 0 Å². The highest BCUT2D eigenvalue weighted by Gasteiger charge is 2.11. The third-order valence-electron chi connectivity index (χ3n) is 3.16. The van der Waals surface area contributed by atoms with Gasteiger partial charge in [0, 0.05) is 0 Å². The molecule has 0 aliphatic carbocycles. The summed E-state index contributed by atoms with van der Waals surface area (Å²) in [6.45, 7) is 5.05. The Balaban J connectivity index is 2.04. The lowest BCUT2D eigenvalue weighted by Crippen LogP contribution is -2.20. The van der Waals surface area contributed by atoms with Crippen LogP contribution in [0, 0.1) is 6.92 Å². The lowest BCUT2D eigenvalue weighted by molar-refractivity contribution is 0.261. The Bertz CT molecular complexity index is 554. The quantitative estimate of drug-likeness (QED) is 0.875. The molecule has 1 unspecified atom stereocenters. The van der Waals surface area contributed by atoms with Crippen LogP contribution in [-0.4, -0.2) is 13.2 Å². The van der Waals surface area contributed by atoms with Gasteiger partial charge in [-0.3, -0.25) is 0 Å². The second-order valence-electron chi connectivity index (χ2n) is 4.65. The molecule has 0 fully saturated rings. The highest BCUT2D eigenvalue weighted by molar-refractivity contribution is 5.39. The van der Waals surface area contributed by atoms with Gasteiger partial charge in [0.15, 0.2) is 11.5 Å². The molecule has 2 aromatic carbocycles. The smallest absolute Gasteiger partial charge is 0.161 e. The summed E-state index contributed by atoms with van der Waals surface area (Å²) >= 11 is 0. The molecule has 3 nitrogen and oxygen atoms in total. The molecule has 0 radical (unpaired) electrons. The van der Waals surface area contributed by atoms with Crippen LogP contribution in [0.15, 0.2) is 48.5 Å². The number of aryl methyl sites for hydroxylation is 1. The van der Waals surface area contributed by atoms with E-state index in [0.717, 1.165) is 17.1 Å². The van der Waals surface area contributed by atoms with E-state index in [0.29, 0.717) is 13.2 Å². The SMILES string of the molecule is CCOc1ccccc1OCC(N)c1ccccc1C. The molecule has 0 saturated heterocycles. The molecule has 2 rings (SSSR count). The predicted molar refractivity (Wildman–Crippen MR) is 81.2 cm³/mol. The van der Waals surface area contributed by atoms with Gasteiger partial charge in [-0.1, -0.05) is 36.4 Å². The highest BCUT2D eigenvalue weighted by Crippen LogP contribution is 2.27. The normalized spacial score (nSPS) is 11.9. The number of ether oxygens (including phenoxy) is 2. The van der Waals surface area contributed by atoms with E-state index in [4.69, 9.17) is 15.2 Å². The van der Waals surface area contributed by atoms with Crippen LogP contribution >= 0.6 is 0 Å². The van der Waals surface area contributed by atoms with Crippen LogP contribution < -0.4 is 15.2 Å². The Labute approximate surface area is 120 Å². The fraction of sp³-hybridized carbons (Fsp3) is 0.294. The first kappa shape index (κ1) is 14.4. The van der Waals surface area contributed by atoms with Crippen molar-refractivity contribution in [2.24, 2.45) is 5.73 Å². The van der Waals surface area contributed by atoms with Crippen LogP contribution in [0.1, 0.15) is 24.1 Å². The molecule has 0 heterocycles. The highest BCUT2D eigenvalue weighted by atomic mass is 16.5. The van der Waals surface area contributed by atoms with Crippen molar-refractivity contribution < 1.29 is 9.47 Å². The minimum absolute atomic E-state index is 0.147. The minimum atomic E-state index is -0.147. The first-order valence-electron chi connectivity index (χ1n) is 6.88. The molecule has 0 aromatic heterocycles. The first-order valence-corrected chi connectivity index (χ1v) is 6.88. The van der Waals surface area contributed by atoms with Gasteiger partial charge in [0.05, 0.1) is 12.6 Å². The van der Waals surface area contributed by atoms with Gasteiger partial charge in [-0.25, -0.2) is 0 Å². The van der Waals surface area contributed by atoms with Crippen molar-refractivity contribution in [1.82, 2.24) is 0 Å². The maximum atomic E-state index is 6.20. The van der Waals surface area contributed by atoms with E-state index in [1.165, 1.54) is 5.56 Å². The fourth-order valence-electron chi connectivity index (χ4n) is 2.12. The van der Waals surface area contributed by atoms with Gasteiger partial charge in [-0.05, 0) is 37.1 Å². The fourth-order valence-corrected chi connectivity index (χ4v) is 2.12. The standard InChI is InChI=1S/C17H21NO2/c1-3-19-16-10-6-7-11-17(16)20-12-15(18)14-9-5-4-8-13(14)2/h4-11,15H,3,12,18H2,1-2H3. The molecule has 2 N–H and O–H groups in total. The lowest BCUT2D eigenvalue weighted by atomic mass is 10.0. The summed E-state index contributed by atoms with van der Waals surface area (Å²) in [5.41, 5.74) is 8.50. The van der Waals surface area contributed by atoms with Crippen molar-refractivity contribution in [3.05, 3.63) is 59.7 Å². The van der Waals surface area contributed by atoms with Crippen LogP contribution in [0.4, 0.5) is 0 Å². The molecule has 0 saturated carbocycles. The van der Waals surface area contributed by atoms with Gasteiger partial charge in [0.2, 0.25) is 0 Å². The Morgan fingerprint density at radius 1 is 0.950 bits per heavy atom. The van der Waals surface area contributed by atoms with Crippen molar-refractivity contribution in [1.29, 1.82) is 0 Å². The third-order valence-corrected chi connectivity index (χ3v) is 3.16. The van der Waals surface area contributed by atoms with E-state index in [1.807, 2.05) is 49.4 Å². The van der Waals surface area contributed by atoms with Crippen LogP contribution in [0.5, 0.6) is 11.5 Å². The summed E-state index contributed by atoms with van der Waals surface area (Å²) in [6.07, 6.45) is 0. The Morgan fingerprint density at radius 3 is 2.20 bits per heavy atom. The molecule has 106 valence electrons. The van der Waals surface area contributed by atoms with Gasteiger partial charge < -0.3 is 15.2 Å². The summed E-state index contributed by atoms with van der Waals surface area (Å²) in [5.74, 6) is 1.49. The number of rotatable bonds is 6. The maximum absolute atomic E-state index is 6.20. The Hall–Kier alpha value is -2.00. The molecular weight excluding hydrogens is 250 g/mol. The zero-order valence-electron chi connectivity index (χ0n) is 12.0. The predicted octanol–water partition coefficient (Wildman–Crippen LogP) is 3.47. The molecule has 0 bridgehead atoms.